The summed E-state index contributed by atoms with van der Waals surface area (Å²) in [4.78, 5) is 22.8. The molecule has 0 spiro atoms. The Labute approximate surface area is 103 Å². The molecule has 0 aliphatic heterocycles. The lowest BCUT2D eigenvalue weighted by Crippen LogP contribution is -2.18. The Hall–Kier alpha value is -1.10. The van der Waals surface area contributed by atoms with Crippen molar-refractivity contribution >= 4 is 27.9 Å². The van der Waals surface area contributed by atoms with Crippen molar-refractivity contribution in [2.45, 2.75) is 13.8 Å². The van der Waals surface area contributed by atoms with E-state index in [0.29, 0.717) is 5.33 Å². The van der Waals surface area contributed by atoms with E-state index in [1.54, 1.807) is 26.0 Å². The highest BCUT2D eigenvalue weighted by molar-refractivity contribution is 9.09. The van der Waals surface area contributed by atoms with Gasteiger partial charge in [-0.1, -0.05) is 28.1 Å². The van der Waals surface area contributed by atoms with Crippen LogP contribution in [0.1, 0.15) is 13.8 Å². The quantitative estimate of drug-likeness (QED) is 0.187. The van der Waals surface area contributed by atoms with Gasteiger partial charge in [-0.15, -0.1) is 0 Å². The molecule has 5 heteroatoms. The highest BCUT2D eigenvalue weighted by Crippen LogP contribution is 2.03. The lowest BCUT2D eigenvalue weighted by Gasteiger charge is -2.05. The Balaban J connectivity index is 4.75. The second-order valence-electron chi connectivity index (χ2n) is 2.60. The maximum absolute atomic E-state index is 11.4. The molecule has 0 aliphatic rings. The minimum absolute atomic E-state index is 0.0964. The van der Waals surface area contributed by atoms with Gasteiger partial charge in [-0.05, 0) is 19.9 Å². The lowest BCUT2D eigenvalue weighted by atomic mass is 10.2. The number of hydrogen-bond donors (Lipinski definition) is 0. The molecule has 0 unspecified atom stereocenters. The summed E-state index contributed by atoms with van der Waals surface area (Å²) < 4.78 is 9.50. The molecule has 90 valence electrons. The van der Waals surface area contributed by atoms with Gasteiger partial charge in [0.2, 0.25) is 0 Å². The molecule has 0 rings (SSSR count). The summed E-state index contributed by atoms with van der Waals surface area (Å²) in [7, 11) is 0. The summed E-state index contributed by atoms with van der Waals surface area (Å²) in [6.07, 6.45) is 4.73. The third kappa shape index (κ3) is 5.70. The normalized spacial score (nSPS) is 9.94. The van der Waals surface area contributed by atoms with Gasteiger partial charge < -0.3 is 9.47 Å². The molecule has 0 radical (unpaired) electrons. The van der Waals surface area contributed by atoms with Crippen LogP contribution in [0.2, 0.25) is 0 Å². The zero-order chi connectivity index (χ0) is 12.4. The second-order valence-corrected chi connectivity index (χ2v) is 3.25. The van der Waals surface area contributed by atoms with Crippen LogP contribution in [0.5, 0.6) is 0 Å². The van der Waals surface area contributed by atoms with Crippen molar-refractivity contribution in [3.8, 4) is 0 Å². The molecule has 0 fully saturated rings. The van der Waals surface area contributed by atoms with E-state index >= 15 is 0 Å². The number of rotatable bonds is 6. The minimum Gasteiger partial charge on any atom is -0.462 e. The van der Waals surface area contributed by atoms with Crippen LogP contribution in [-0.4, -0.2) is 30.5 Å². The average Bonchev–Trinajstić information content (AvgIpc) is 2.25. The predicted octanol–water partition coefficient (Wildman–Crippen LogP) is 1.99. The highest BCUT2D eigenvalue weighted by Gasteiger charge is 2.19. The van der Waals surface area contributed by atoms with Gasteiger partial charge in [-0.3, -0.25) is 0 Å². The largest absolute Gasteiger partial charge is 0.462 e. The first-order valence-corrected chi connectivity index (χ1v) is 6.06. The van der Waals surface area contributed by atoms with Gasteiger partial charge in [0.25, 0.3) is 0 Å². The van der Waals surface area contributed by atoms with Crippen LogP contribution in [0.3, 0.4) is 0 Å². The Morgan fingerprint density at radius 1 is 1.12 bits per heavy atom. The van der Waals surface area contributed by atoms with Crippen molar-refractivity contribution in [3.05, 3.63) is 23.8 Å². The Bertz CT molecular complexity index is 274. The number of esters is 2. The van der Waals surface area contributed by atoms with Crippen LogP contribution in [0.4, 0.5) is 0 Å². The number of ether oxygens (including phenoxy) is 2. The summed E-state index contributed by atoms with van der Waals surface area (Å²) in [5.41, 5.74) is -0.0964. The molecule has 0 aromatic carbocycles. The summed E-state index contributed by atoms with van der Waals surface area (Å²) in [5.74, 6) is -1.33. The summed E-state index contributed by atoms with van der Waals surface area (Å²) in [6.45, 7) is 3.79. The first-order chi connectivity index (χ1) is 7.67. The Morgan fingerprint density at radius 2 is 1.62 bits per heavy atom. The molecule has 4 nitrogen and oxygen atoms in total. The molecule has 0 saturated carbocycles. The van der Waals surface area contributed by atoms with Crippen LogP contribution < -0.4 is 0 Å². The van der Waals surface area contributed by atoms with Crippen LogP contribution >= 0.6 is 15.9 Å². The molecule has 0 bridgehead atoms. The van der Waals surface area contributed by atoms with Crippen molar-refractivity contribution in [1.82, 2.24) is 0 Å². The van der Waals surface area contributed by atoms with Crippen molar-refractivity contribution in [2.24, 2.45) is 0 Å². The van der Waals surface area contributed by atoms with E-state index in [0.717, 1.165) is 0 Å². The molecular weight excluding hydrogens is 276 g/mol. The lowest BCUT2D eigenvalue weighted by molar-refractivity contribution is -0.146. The Kier molecular flexibility index (Phi) is 8.52. The monoisotopic (exact) mass is 290 g/mol. The predicted molar refractivity (Wildman–Crippen MR) is 64.3 cm³/mol. The molecule has 0 aromatic heterocycles. The maximum atomic E-state index is 11.4. The standard InChI is InChI=1S/C11H15BrO4/c1-3-15-10(13)9(7-5-6-8-12)11(14)16-4-2/h5-7H,3-4,8H2,1-2H3/b6-5+. The van der Waals surface area contributed by atoms with Crippen molar-refractivity contribution in [1.29, 1.82) is 0 Å². The van der Waals surface area contributed by atoms with Crippen molar-refractivity contribution < 1.29 is 19.1 Å². The second kappa shape index (κ2) is 9.15. The number of allylic oxidation sites excluding steroid dienone is 3. The van der Waals surface area contributed by atoms with Crippen LogP contribution in [0.15, 0.2) is 23.8 Å². The highest BCUT2D eigenvalue weighted by atomic mass is 79.9. The Morgan fingerprint density at radius 3 is 2.00 bits per heavy atom. The van der Waals surface area contributed by atoms with Crippen molar-refractivity contribution in [2.75, 3.05) is 18.5 Å². The molecule has 0 saturated heterocycles. The van der Waals surface area contributed by atoms with E-state index in [9.17, 15) is 9.59 Å². The maximum Gasteiger partial charge on any atom is 0.345 e. The molecule has 0 amide bonds. The fourth-order valence-electron chi connectivity index (χ4n) is 0.853. The SMILES string of the molecule is CCOC(=O)C(=C/C=C/CBr)C(=O)OCC. The van der Waals surface area contributed by atoms with E-state index in [4.69, 9.17) is 9.47 Å². The van der Waals surface area contributed by atoms with E-state index in [1.807, 2.05) is 0 Å². The molecule has 0 aliphatic carbocycles. The molecule has 16 heavy (non-hydrogen) atoms. The fourth-order valence-corrected chi connectivity index (χ4v) is 1.07. The first kappa shape index (κ1) is 14.9. The van der Waals surface area contributed by atoms with E-state index in [-0.39, 0.29) is 18.8 Å². The van der Waals surface area contributed by atoms with Gasteiger partial charge in [0.1, 0.15) is 5.57 Å². The number of alkyl halides is 1. The molecule has 0 atom stereocenters. The molecule has 0 aromatic rings. The third-order valence-corrected chi connectivity index (χ3v) is 1.85. The van der Waals surface area contributed by atoms with Gasteiger partial charge in [0, 0.05) is 5.33 Å². The minimum atomic E-state index is -0.667. The molecule has 0 heterocycles. The summed E-state index contributed by atoms with van der Waals surface area (Å²) in [6, 6.07) is 0. The number of carbonyl (C=O) groups excluding carboxylic acids is 2. The van der Waals surface area contributed by atoms with Gasteiger partial charge in [-0.2, -0.15) is 0 Å². The number of halogens is 1. The van der Waals surface area contributed by atoms with Gasteiger partial charge in [0.05, 0.1) is 13.2 Å². The topological polar surface area (TPSA) is 52.6 Å². The molecular formula is C11H15BrO4. The summed E-state index contributed by atoms with van der Waals surface area (Å²) >= 11 is 3.19. The van der Waals surface area contributed by atoms with E-state index < -0.39 is 11.9 Å². The first-order valence-electron chi connectivity index (χ1n) is 4.94. The zero-order valence-corrected chi connectivity index (χ0v) is 11.0. The van der Waals surface area contributed by atoms with Gasteiger partial charge in [-0.25, -0.2) is 9.59 Å². The van der Waals surface area contributed by atoms with E-state index in [1.165, 1.54) is 6.08 Å². The summed E-state index contributed by atoms with van der Waals surface area (Å²) in [5, 5.41) is 0.641. The number of hydrogen-bond acceptors (Lipinski definition) is 4. The fraction of sp³-hybridized carbons (Fsp3) is 0.455. The van der Waals surface area contributed by atoms with Gasteiger partial charge >= 0.3 is 11.9 Å². The van der Waals surface area contributed by atoms with Crippen LogP contribution in [0.25, 0.3) is 0 Å². The van der Waals surface area contributed by atoms with Crippen molar-refractivity contribution in [3.63, 3.8) is 0 Å². The van der Waals surface area contributed by atoms with E-state index in [2.05, 4.69) is 15.9 Å². The van der Waals surface area contributed by atoms with Gasteiger partial charge in [0.15, 0.2) is 0 Å². The average molecular weight is 291 g/mol. The van der Waals surface area contributed by atoms with Crippen LogP contribution in [-0.2, 0) is 19.1 Å². The third-order valence-electron chi connectivity index (χ3n) is 1.48. The van der Waals surface area contributed by atoms with Crippen LogP contribution in [0, 0.1) is 0 Å². The zero-order valence-electron chi connectivity index (χ0n) is 9.36. The smallest absolute Gasteiger partial charge is 0.345 e. The molecule has 0 N–H and O–H groups in total. The number of carbonyl (C=O) groups is 2.